The number of likely N-dealkylation sites (tertiary alicyclic amines) is 1. The predicted octanol–water partition coefficient (Wildman–Crippen LogP) is 4.31. The number of thiophene rings is 1. The third kappa shape index (κ3) is 5.35. The summed E-state index contributed by atoms with van der Waals surface area (Å²) in [6.07, 6.45) is 2.40. The Morgan fingerprint density at radius 2 is 2.03 bits per heavy atom. The van der Waals surface area contributed by atoms with E-state index < -0.39 is 16.1 Å². The number of aromatic nitrogens is 1. The predicted molar refractivity (Wildman–Crippen MR) is 133 cm³/mol. The number of nitrogens with zero attached hydrogens (tertiary/aromatic N) is 2. The van der Waals surface area contributed by atoms with Crippen LogP contribution in [-0.2, 0) is 10.0 Å². The monoisotopic (exact) mass is 603 g/mol. The molecule has 0 amide bonds. The minimum absolute atomic E-state index is 0.126. The van der Waals surface area contributed by atoms with Gasteiger partial charge in [0.15, 0.2) is 0 Å². The summed E-state index contributed by atoms with van der Waals surface area (Å²) in [6, 6.07) is 8.95. The first kappa shape index (κ1) is 24.1. The van der Waals surface area contributed by atoms with E-state index in [-0.39, 0.29) is 10.3 Å². The van der Waals surface area contributed by atoms with Crippen LogP contribution < -0.4 is 9.46 Å². The van der Waals surface area contributed by atoms with E-state index in [0.717, 1.165) is 30.5 Å². The number of benzene rings is 1. The lowest BCUT2D eigenvalue weighted by molar-refractivity contribution is 0.0972. The summed E-state index contributed by atoms with van der Waals surface area (Å²) in [4.78, 5) is 6.54. The molecule has 3 aromatic rings. The molecule has 2 N–H and O–H groups in total. The fraction of sp³-hybridized carbons (Fsp3) is 0.381. The lowest BCUT2D eigenvalue weighted by Crippen LogP contribution is -2.45. The zero-order chi connectivity index (χ0) is 22.9. The van der Waals surface area contributed by atoms with Gasteiger partial charge in [-0.3, -0.25) is 4.98 Å². The van der Waals surface area contributed by atoms with Crippen molar-refractivity contribution < 1.29 is 18.3 Å². The summed E-state index contributed by atoms with van der Waals surface area (Å²) in [6.45, 7) is 1.88. The van der Waals surface area contributed by atoms with Crippen molar-refractivity contribution in [2.75, 3.05) is 26.7 Å². The molecule has 0 radical (unpaired) electrons. The van der Waals surface area contributed by atoms with E-state index in [1.165, 1.54) is 11.3 Å². The van der Waals surface area contributed by atoms with E-state index in [9.17, 15) is 13.5 Å². The lowest BCUT2D eigenvalue weighted by atomic mass is 10.0. The van der Waals surface area contributed by atoms with Crippen molar-refractivity contribution in [3.05, 3.63) is 50.4 Å². The average Bonchev–Trinajstić information content (AvgIpc) is 3.13. The first-order chi connectivity index (χ1) is 15.3. The molecule has 1 saturated heterocycles. The number of aliphatic hydroxyl groups is 1. The number of halogens is 2. The molecule has 2 aromatic heterocycles. The fourth-order valence-electron chi connectivity index (χ4n) is 3.88. The second kappa shape index (κ2) is 10.0. The molecule has 4 rings (SSSR count). The van der Waals surface area contributed by atoms with Gasteiger partial charge in [0.05, 0.1) is 22.5 Å². The summed E-state index contributed by atoms with van der Waals surface area (Å²) in [5.74, 6) is 0.719. The lowest BCUT2D eigenvalue weighted by Gasteiger charge is -2.33. The van der Waals surface area contributed by atoms with Gasteiger partial charge < -0.3 is 14.7 Å². The molecule has 172 valence electrons. The maximum absolute atomic E-state index is 12.7. The molecular formula is C21H23Br2N3O4S2. The smallest absolute Gasteiger partial charge is 0.250 e. The van der Waals surface area contributed by atoms with Gasteiger partial charge in [-0.2, -0.15) is 0 Å². The number of nitrogens with one attached hydrogen (secondary N) is 1. The molecule has 0 aliphatic carbocycles. The molecule has 1 aromatic carbocycles. The first-order valence-corrected chi connectivity index (χ1v) is 14.0. The maximum atomic E-state index is 12.7. The van der Waals surface area contributed by atoms with Crippen molar-refractivity contribution in [3.8, 4) is 5.75 Å². The Labute approximate surface area is 208 Å². The fourth-order valence-corrected chi connectivity index (χ4v) is 8.02. The number of pyridine rings is 1. The summed E-state index contributed by atoms with van der Waals surface area (Å²) < 4.78 is 35.3. The molecule has 1 aliphatic heterocycles. The Bertz CT molecular complexity index is 1190. The second-order valence-corrected chi connectivity index (χ2v) is 12.8. The Hall–Kier alpha value is -1.08. The second-order valence-electron chi connectivity index (χ2n) is 7.68. The topological polar surface area (TPSA) is 91.8 Å². The van der Waals surface area contributed by atoms with Crippen molar-refractivity contribution in [2.45, 2.75) is 29.2 Å². The van der Waals surface area contributed by atoms with Crippen molar-refractivity contribution in [2.24, 2.45) is 0 Å². The molecule has 0 spiro atoms. The van der Waals surface area contributed by atoms with Crippen LogP contribution in [0.25, 0.3) is 10.9 Å². The molecule has 0 unspecified atom stereocenters. The number of hydrogen-bond acceptors (Lipinski definition) is 7. The summed E-state index contributed by atoms with van der Waals surface area (Å²) in [5.41, 5.74) is 1.62. The van der Waals surface area contributed by atoms with Gasteiger partial charge in [-0.25, -0.2) is 13.1 Å². The van der Waals surface area contributed by atoms with Crippen LogP contribution in [0, 0.1) is 0 Å². The normalized spacial score (nSPS) is 17.0. The Morgan fingerprint density at radius 1 is 1.28 bits per heavy atom. The number of sulfonamides is 1. The van der Waals surface area contributed by atoms with Crippen molar-refractivity contribution in [3.63, 3.8) is 0 Å². The zero-order valence-corrected chi connectivity index (χ0v) is 22.1. The highest BCUT2D eigenvalue weighted by Gasteiger charge is 2.27. The van der Waals surface area contributed by atoms with Crippen LogP contribution in [0.1, 0.15) is 24.5 Å². The molecule has 3 heterocycles. The van der Waals surface area contributed by atoms with Gasteiger partial charge in [0, 0.05) is 28.6 Å². The van der Waals surface area contributed by atoms with Crippen LogP contribution in [0.15, 0.2) is 49.0 Å². The molecule has 1 fully saturated rings. The van der Waals surface area contributed by atoms with E-state index in [4.69, 9.17) is 4.74 Å². The standard InChI is InChI=1S/C21H23Br2N3O4S2/c1-30-14-2-3-18-16(10-14)15(4-7-24-18)19(27)12-26-8-5-13(6-9-26)25-32(28,29)20-11-17(22)21(23)31-20/h2-4,7,10-11,13,19,25,27H,5-6,8-9,12H2,1H3/t19-/m0/s1. The molecule has 1 aliphatic rings. The SMILES string of the molecule is COc1ccc2nccc([C@@H](O)CN3CCC(NS(=O)(=O)c4cc(Br)c(Br)s4)CC3)c2c1. The van der Waals surface area contributed by atoms with Gasteiger partial charge in [0.2, 0.25) is 10.0 Å². The number of ether oxygens (including phenoxy) is 1. The highest BCUT2D eigenvalue weighted by atomic mass is 79.9. The zero-order valence-electron chi connectivity index (χ0n) is 17.3. The van der Waals surface area contributed by atoms with E-state index >= 15 is 0 Å². The Morgan fingerprint density at radius 3 is 2.69 bits per heavy atom. The molecule has 32 heavy (non-hydrogen) atoms. The first-order valence-electron chi connectivity index (χ1n) is 10.1. The van der Waals surface area contributed by atoms with Crippen LogP contribution in [0.3, 0.4) is 0 Å². The van der Waals surface area contributed by atoms with Gasteiger partial charge in [-0.15, -0.1) is 11.3 Å². The Balaban J connectivity index is 1.37. The van der Waals surface area contributed by atoms with Gasteiger partial charge in [0.1, 0.15) is 9.96 Å². The van der Waals surface area contributed by atoms with Crippen LogP contribution in [0.2, 0.25) is 0 Å². The number of aliphatic hydroxyl groups excluding tert-OH is 1. The highest BCUT2D eigenvalue weighted by molar-refractivity contribution is 9.13. The summed E-state index contributed by atoms with van der Waals surface area (Å²) in [7, 11) is -1.94. The molecule has 0 bridgehead atoms. The van der Waals surface area contributed by atoms with E-state index in [0.29, 0.717) is 32.5 Å². The van der Waals surface area contributed by atoms with Crippen LogP contribution in [0.5, 0.6) is 5.75 Å². The van der Waals surface area contributed by atoms with Gasteiger partial charge >= 0.3 is 0 Å². The van der Waals surface area contributed by atoms with Crippen molar-refractivity contribution >= 4 is 64.1 Å². The third-order valence-electron chi connectivity index (χ3n) is 5.57. The molecular weight excluding hydrogens is 582 g/mol. The number of β-amino-alcohol motifs (C(OH)–C–C–N with tert-alkyl or cyclic N) is 1. The minimum atomic E-state index is -3.55. The largest absolute Gasteiger partial charge is 0.497 e. The van der Waals surface area contributed by atoms with E-state index in [1.54, 1.807) is 19.4 Å². The maximum Gasteiger partial charge on any atom is 0.250 e. The van der Waals surface area contributed by atoms with Crippen LogP contribution >= 0.6 is 43.2 Å². The van der Waals surface area contributed by atoms with E-state index in [1.807, 2.05) is 24.3 Å². The van der Waals surface area contributed by atoms with Crippen molar-refractivity contribution in [1.82, 2.24) is 14.6 Å². The third-order valence-corrected chi connectivity index (χ3v) is 10.8. The van der Waals surface area contributed by atoms with Gasteiger partial charge in [0.25, 0.3) is 0 Å². The quantitative estimate of drug-likeness (QED) is 0.418. The number of rotatable bonds is 7. The van der Waals surface area contributed by atoms with Gasteiger partial charge in [-0.05, 0) is 93.7 Å². The van der Waals surface area contributed by atoms with Crippen LogP contribution in [-0.4, -0.2) is 56.2 Å². The number of hydrogen-bond donors (Lipinski definition) is 2. The molecule has 0 saturated carbocycles. The van der Waals surface area contributed by atoms with E-state index in [2.05, 4.69) is 46.5 Å². The number of fused-ring (bicyclic) bond motifs is 1. The summed E-state index contributed by atoms with van der Waals surface area (Å²) >= 11 is 7.86. The Kier molecular flexibility index (Phi) is 7.55. The molecule has 1 atom stereocenters. The number of piperidine rings is 1. The van der Waals surface area contributed by atoms with Gasteiger partial charge in [-0.1, -0.05) is 0 Å². The summed E-state index contributed by atoms with van der Waals surface area (Å²) in [5, 5.41) is 11.8. The molecule has 11 heteroatoms. The van der Waals surface area contributed by atoms with Crippen LogP contribution in [0.4, 0.5) is 0 Å². The molecule has 7 nitrogen and oxygen atoms in total. The number of methoxy groups -OCH3 is 1. The minimum Gasteiger partial charge on any atom is -0.497 e. The van der Waals surface area contributed by atoms with Crippen molar-refractivity contribution in [1.29, 1.82) is 0 Å². The average molecular weight is 605 g/mol. The highest BCUT2D eigenvalue weighted by Crippen LogP contribution is 2.35.